The summed E-state index contributed by atoms with van der Waals surface area (Å²) in [7, 11) is 0. The van der Waals surface area contributed by atoms with Crippen molar-refractivity contribution in [3.05, 3.63) is 64.7 Å². The Morgan fingerprint density at radius 3 is 2.28 bits per heavy atom. The predicted octanol–water partition coefficient (Wildman–Crippen LogP) is 5.07. The molecule has 29 heavy (non-hydrogen) atoms. The van der Waals surface area contributed by atoms with Gasteiger partial charge in [-0.2, -0.15) is 0 Å². The molecular weight excluding hydrogens is 404 g/mol. The van der Waals surface area contributed by atoms with Crippen LogP contribution in [-0.2, 0) is 16.1 Å². The second-order valence-electron chi connectivity index (χ2n) is 7.24. The largest absolute Gasteiger partial charge is 0.352 e. The van der Waals surface area contributed by atoms with Crippen molar-refractivity contribution in [3.63, 3.8) is 0 Å². The average Bonchev–Trinajstić information content (AvgIpc) is 2.72. The van der Waals surface area contributed by atoms with Crippen LogP contribution in [0.25, 0.3) is 0 Å². The molecule has 0 fully saturated rings. The number of aryl methyl sites for hydroxylation is 1. The standard InChI is InChI=1S/C23H29ClN2O2S/c1-5-17(3)25-23(28)18(4)26(14-19-8-10-20(24)11-9-19)22(27)15-29-21-12-6-16(2)7-13-21/h6-13,17-18H,5,14-15H2,1-4H3,(H,25,28)/t17-,18+/m1/s1. The molecule has 2 atom stereocenters. The number of nitrogens with one attached hydrogen (secondary N) is 1. The summed E-state index contributed by atoms with van der Waals surface area (Å²) in [6.45, 7) is 8.15. The molecule has 2 aromatic carbocycles. The summed E-state index contributed by atoms with van der Waals surface area (Å²) in [6.07, 6.45) is 0.840. The molecule has 0 spiro atoms. The van der Waals surface area contributed by atoms with Gasteiger partial charge < -0.3 is 10.2 Å². The number of hydrogen-bond donors (Lipinski definition) is 1. The molecule has 6 heteroatoms. The number of carbonyl (C=O) groups excluding carboxylic acids is 2. The predicted molar refractivity (Wildman–Crippen MR) is 121 cm³/mol. The molecule has 2 rings (SSSR count). The van der Waals surface area contributed by atoms with Crippen LogP contribution in [0.1, 0.15) is 38.3 Å². The van der Waals surface area contributed by atoms with Crippen LogP contribution in [0.3, 0.4) is 0 Å². The van der Waals surface area contributed by atoms with Crippen molar-refractivity contribution in [2.45, 2.75) is 57.6 Å². The minimum atomic E-state index is -0.564. The van der Waals surface area contributed by atoms with Crippen molar-refractivity contribution >= 4 is 35.2 Å². The van der Waals surface area contributed by atoms with E-state index in [0.717, 1.165) is 16.9 Å². The van der Waals surface area contributed by atoms with Gasteiger partial charge in [0, 0.05) is 22.5 Å². The lowest BCUT2D eigenvalue weighted by Gasteiger charge is -2.29. The number of benzene rings is 2. The third kappa shape index (κ3) is 7.41. The van der Waals surface area contributed by atoms with Gasteiger partial charge in [-0.15, -0.1) is 11.8 Å². The highest BCUT2D eigenvalue weighted by atomic mass is 35.5. The number of carbonyl (C=O) groups is 2. The van der Waals surface area contributed by atoms with Gasteiger partial charge in [0.05, 0.1) is 5.75 Å². The summed E-state index contributed by atoms with van der Waals surface area (Å²) in [5.41, 5.74) is 2.12. The first-order valence-corrected chi connectivity index (χ1v) is 11.2. The van der Waals surface area contributed by atoms with E-state index in [2.05, 4.69) is 5.32 Å². The molecule has 156 valence electrons. The Labute approximate surface area is 183 Å². The van der Waals surface area contributed by atoms with Crippen LogP contribution >= 0.6 is 23.4 Å². The highest BCUT2D eigenvalue weighted by Gasteiger charge is 2.26. The molecule has 0 aliphatic rings. The smallest absolute Gasteiger partial charge is 0.242 e. The van der Waals surface area contributed by atoms with Gasteiger partial charge in [0.2, 0.25) is 11.8 Å². The highest BCUT2D eigenvalue weighted by Crippen LogP contribution is 2.21. The molecule has 0 bridgehead atoms. The Morgan fingerprint density at radius 1 is 1.07 bits per heavy atom. The molecule has 0 heterocycles. The van der Waals surface area contributed by atoms with Crippen LogP contribution in [0.15, 0.2) is 53.4 Å². The normalized spacial score (nSPS) is 12.9. The van der Waals surface area contributed by atoms with Gasteiger partial charge in [0.25, 0.3) is 0 Å². The lowest BCUT2D eigenvalue weighted by atomic mass is 10.1. The van der Waals surface area contributed by atoms with Gasteiger partial charge in [0.1, 0.15) is 6.04 Å². The molecule has 0 aromatic heterocycles. The quantitative estimate of drug-likeness (QED) is 0.562. The number of amides is 2. The molecule has 0 aliphatic carbocycles. The molecule has 0 saturated carbocycles. The topological polar surface area (TPSA) is 49.4 Å². The zero-order valence-electron chi connectivity index (χ0n) is 17.4. The highest BCUT2D eigenvalue weighted by molar-refractivity contribution is 8.00. The zero-order chi connectivity index (χ0) is 21.4. The summed E-state index contributed by atoms with van der Waals surface area (Å²) in [5.74, 6) is 0.0664. The van der Waals surface area contributed by atoms with Gasteiger partial charge in [0.15, 0.2) is 0 Å². The number of thioether (sulfide) groups is 1. The molecule has 1 N–H and O–H groups in total. The summed E-state index contributed by atoms with van der Waals surface area (Å²) in [4.78, 5) is 28.4. The first kappa shape index (κ1) is 23.3. The number of nitrogens with zero attached hydrogens (tertiary/aromatic N) is 1. The monoisotopic (exact) mass is 432 g/mol. The van der Waals surface area contributed by atoms with Crippen LogP contribution in [-0.4, -0.2) is 34.6 Å². The van der Waals surface area contributed by atoms with E-state index in [9.17, 15) is 9.59 Å². The third-order valence-corrected chi connectivity index (χ3v) is 6.07. The first-order chi connectivity index (χ1) is 13.8. The fourth-order valence-electron chi connectivity index (χ4n) is 2.70. The Bertz CT molecular complexity index is 809. The maximum Gasteiger partial charge on any atom is 0.242 e. The maximum absolute atomic E-state index is 13.1. The van der Waals surface area contributed by atoms with Crippen LogP contribution in [0.5, 0.6) is 0 Å². The summed E-state index contributed by atoms with van der Waals surface area (Å²) >= 11 is 7.46. The fourth-order valence-corrected chi connectivity index (χ4v) is 3.61. The summed E-state index contributed by atoms with van der Waals surface area (Å²) in [6, 6.07) is 14.9. The van der Waals surface area contributed by atoms with E-state index in [1.807, 2.05) is 57.2 Å². The van der Waals surface area contributed by atoms with Gasteiger partial charge in [-0.05, 0) is 57.0 Å². The fraction of sp³-hybridized carbons (Fsp3) is 0.391. The maximum atomic E-state index is 13.1. The SMILES string of the molecule is CC[C@@H](C)NC(=O)[C@H](C)N(Cc1ccc(Cl)cc1)C(=O)CSc1ccc(C)cc1. The summed E-state index contributed by atoms with van der Waals surface area (Å²) < 4.78 is 0. The van der Waals surface area contributed by atoms with Crippen molar-refractivity contribution in [1.29, 1.82) is 0 Å². The molecule has 0 unspecified atom stereocenters. The van der Waals surface area contributed by atoms with Gasteiger partial charge in [-0.3, -0.25) is 9.59 Å². The Kier molecular flexibility index (Phi) is 9.05. The van der Waals surface area contributed by atoms with E-state index in [-0.39, 0.29) is 23.6 Å². The molecule has 2 amide bonds. The van der Waals surface area contributed by atoms with E-state index in [1.54, 1.807) is 24.0 Å². The van der Waals surface area contributed by atoms with Gasteiger partial charge >= 0.3 is 0 Å². The molecule has 0 saturated heterocycles. The summed E-state index contributed by atoms with van der Waals surface area (Å²) in [5, 5.41) is 3.62. The third-order valence-electron chi connectivity index (χ3n) is 4.82. The van der Waals surface area contributed by atoms with E-state index in [0.29, 0.717) is 11.6 Å². The number of rotatable bonds is 9. The lowest BCUT2D eigenvalue weighted by molar-refractivity contribution is -0.138. The molecule has 0 radical (unpaired) electrons. The van der Waals surface area contributed by atoms with Crippen LogP contribution < -0.4 is 5.32 Å². The lowest BCUT2D eigenvalue weighted by Crippen LogP contribution is -2.50. The van der Waals surface area contributed by atoms with Crippen LogP contribution in [0.4, 0.5) is 0 Å². The van der Waals surface area contributed by atoms with Crippen molar-refractivity contribution in [2.24, 2.45) is 0 Å². The number of halogens is 1. The van der Waals surface area contributed by atoms with Gasteiger partial charge in [-0.25, -0.2) is 0 Å². The molecular formula is C23H29ClN2O2S. The van der Waals surface area contributed by atoms with Crippen molar-refractivity contribution in [2.75, 3.05) is 5.75 Å². The minimum absolute atomic E-state index is 0.0689. The second kappa shape index (κ2) is 11.3. The Hall–Kier alpha value is -1.98. The second-order valence-corrected chi connectivity index (χ2v) is 8.73. The molecule has 2 aromatic rings. The van der Waals surface area contributed by atoms with Crippen LogP contribution in [0, 0.1) is 6.92 Å². The van der Waals surface area contributed by atoms with E-state index in [1.165, 1.54) is 17.3 Å². The zero-order valence-corrected chi connectivity index (χ0v) is 19.0. The molecule has 4 nitrogen and oxygen atoms in total. The van der Waals surface area contributed by atoms with E-state index in [4.69, 9.17) is 11.6 Å². The van der Waals surface area contributed by atoms with Crippen molar-refractivity contribution < 1.29 is 9.59 Å². The first-order valence-electron chi connectivity index (χ1n) is 9.84. The average molecular weight is 433 g/mol. The Balaban J connectivity index is 2.13. The Morgan fingerprint density at radius 2 is 1.69 bits per heavy atom. The van der Waals surface area contributed by atoms with Crippen molar-refractivity contribution in [1.82, 2.24) is 10.2 Å². The van der Waals surface area contributed by atoms with E-state index < -0.39 is 6.04 Å². The van der Waals surface area contributed by atoms with Crippen LogP contribution in [0.2, 0.25) is 5.02 Å². The van der Waals surface area contributed by atoms with E-state index >= 15 is 0 Å². The van der Waals surface area contributed by atoms with Crippen molar-refractivity contribution in [3.8, 4) is 0 Å². The van der Waals surface area contributed by atoms with Gasteiger partial charge in [-0.1, -0.05) is 48.4 Å². The minimum Gasteiger partial charge on any atom is -0.352 e. The number of hydrogen-bond acceptors (Lipinski definition) is 3. The molecule has 0 aliphatic heterocycles.